The van der Waals surface area contributed by atoms with Crippen molar-refractivity contribution in [2.75, 3.05) is 27.9 Å². The number of rotatable bonds is 4. The van der Waals surface area contributed by atoms with Crippen LogP contribution in [0.25, 0.3) is 0 Å². The molecule has 1 aliphatic heterocycles. The molecule has 2 aliphatic rings. The van der Waals surface area contributed by atoms with Gasteiger partial charge in [-0.1, -0.05) is 30.3 Å². The van der Waals surface area contributed by atoms with Gasteiger partial charge in [0.05, 0.1) is 21.3 Å². The van der Waals surface area contributed by atoms with Crippen molar-refractivity contribution in [1.82, 2.24) is 0 Å². The molecule has 0 radical (unpaired) electrons. The third-order valence-electron chi connectivity index (χ3n) is 5.70. The van der Waals surface area contributed by atoms with E-state index < -0.39 is 0 Å². The fraction of sp³-hybridized carbons (Fsp3) is 0.348. The number of benzene rings is 2. The van der Waals surface area contributed by atoms with Gasteiger partial charge in [-0.3, -0.25) is 0 Å². The van der Waals surface area contributed by atoms with Crippen LogP contribution in [-0.2, 0) is 16.0 Å². The second-order valence-electron chi connectivity index (χ2n) is 7.04. The molecule has 28 heavy (non-hydrogen) atoms. The Kier molecular flexibility index (Phi) is 4.99. The highest BCUT2D eigenvalue weighted by Gasteiger charge is 2.33. The van der Waals surface area contributed by atoms with Crippen molar-refractivity contribution in [3.05, 3.63) is 64.2 Å². The molecule has 0 saturated heterocycles. The van der Waals surface area contributed by atoms with Crippen LogP contribution in [0.3, 0.4) is 0 Å². The van der Waals surface area contributed by atoms with Gasteiger partial charge < -0.3 is 18.9 Å². The van der Waals surface area contributed by atoms with Crippen molar-refractivity contribution < 1.29 is 23.7 Å². The van der Waals surface area contributed by atoms with Crippen molar-refractivity contribution in [2.45, 2.75) is 25.2 Å². The zero-order chi connectivity index (χ0) is 19.7. The van der Waals surface area contributed by atoms with Crippen LogP contribution in [0.15, 0.2) is 47.5 Å². The summed E-state index contributed by atoms with van der Waals surface area (Å²) in [5.74, 6) is 1.57. The van der Waals surface area contributed by atoms with Gasteiger partial charge in [0, 0.05) is 17.1 Å². The molecule has 1 aliphatic carbocycles. The van der Waals surface area contributed by atoms with E-state index in [9.17, 15) is 4.79 Å². The van der Waals surface area contributed by atoms with Crippen molar-refractivity contribution in [3.63, 3.8) is 0 Å². The minimum atomic E-state index is -0.196. The quantitative estimate of drug-likeness (QED) is 0.750. The number of esters is 1. The summed E-state index contributed by atoms with van der Waals surface area (Å²) in [6.07, 6.45) is 2.32. The molecular weight excluding hydrogens is 356 g/mol. The Labute approximate surface area is 164 Å². The summed E-state index contributed by atoms with van der Waals surface area (Å²) in [6.45, 7) is 0.409. The lowest BCUT2D eigenvalue weighted by molar-refractivity contribution is -0.136. The summed E-state index contributed by atoms with van der Waals surface area (Å²) >= 11 is 0. The summed E-state index contributed by atoms with van der Waals surface area (Å²) in [6, 6.07) is 12.3. The SMILES string of the molecule is COc1ccc([C@@H]2CC3=C(CCc4ccccc42)COC3=O)c(OC)c1OC. The van der Waals surface area contributed by atoms with Crippen molar-refractivity contribution in [1.29, 1.82) is 0 Å². The van der Waals surface area contributed by atoms with Crippen LogP contribution in [-0.4, -0.2) is 33.9 Å². The smallest absolute Gasteiger partial charge is 0.334 e. The molecule has 1 atom stereocenters. The van der Waals surface area contributed by atoms with Crippen LogP contribution in [0.4, 0.5) is 0 Å². The first-order chi connectivity index (χ1) is 13.7. The van der Waals surface area contributed by atoms with Gasteiger partial charge in [0.15, 0.2) is 11.5 Å². The van der Waals surface area contributed by atoms with Gasteiger partial charge in [0.25, 0.3) is 0 Å². The Bertz CT molecular complexity index is 944. The summed E-state index contributed by atoms with van der Waals surface area (Å²) in [5, 5.41) is 0. The molecule has 5 heteroatoms. The lowest BCUT2D eigenvalue weighted by Gasteiger charge is -2.26. The monoisotopic (exact) mass is 380 g/mol. The first kappa shape index (κ1) is 18.4. The number of hydrogen-bond donors (Lipinski definition) is 0. The third kappa shape index (κ3) is 3.01. The second-order valence-corrected chi connectivity index (χ2v) is 7.04. The average molecular weight is 380 g/mol. The number of carbonyl (C=O) groups excluding carboxylic acids is 1. The Morgan fingerprint density at radius 3 is 2.43 bits per heavy atom. The predicted molar refractivity (Wildman–Crippen MR) is 105 cm³/mol. The molecule has 0 unspecified atom stereocenters. The number of aryl methyl sites for hydroxylation is 1. The van der Waals surface area contributed by atoms with E-state index >= 15 is 0 Å². The molecule has 0 fully saturated rings. The molecule has 5 nitrogen and oxygen atoms in total. The van der Waals surface area contributed by atoms with Crippen LogP contribution in [0.5, 0.6) is 17.2 Å². The van der Waals surface area contributed by atoms with Gasteiger partial charge in [0.1, 0.15) is 6.61 Å². The highest BCUT2D eigenvalue weighted by molar-refractivity contribution is 5.92. The lowest BCUT2D eigenvalue weighted by atomic mass is 9.79. The Hall–Kier alpha value is -2.95. The second kappa shape index (κ2) is 7.58. The maximum absolute atomic E-state index is 12.4. The van der Waals surface area contributed by atoms with E-state index in [1.165, 1.54) is 11.1 Å². The van der Waals surface area contributed by atoms with E-state index in [-0.39, 0.29) is 11.9 Å². The van der Waals surface area contributed by atoms with E-state index in [4.69, 9.17) is 18.9 Å². The van der Waals surface area contributed by atoms with E-state index in [2.05, 4.69) is 18.2 Å². The van der Waals surface area contributed by atoms with Gasteiger partial charge in [-0.15, -0.1) is 0 Å². The predicted octanol–water partition coefficient (Wildman–Crippen LogP) is 4.03. The van der Waals surface area contributed by atoms with Gasteiger partial charge >= 0.3 is 5.97 Å². The molecule has 0 aromatic heterocycles. The summed E-state index contributed by atoms with van der Waals surface area (Å²) in [4.78, 5) is 12.4. The molecule has 0 amide bonds. The Morgan fingerprint density at radius 2 is 1.68 bits per heavy atom. The number of cyclic esters (lactones) is 1. The summed E-state index contributed by atoms with van der Waals surface area (Å²) in [7, 11) is 4.84. The van der Waals surface area contributed by atoms with Crippen LogP contribution < -0.4 is 14.2 Å². The topological polar surface area (TPSA) is 54.0 Å². The number of ether oxygens (including phenoxy) is 4. The maximum Gasteiger partial charge on any atom is 0.334 e. The van der Waals surface area contributed by atoms with Crippen molar-refractivity contribution in [3.8, 4) is 17.2 Å². The van der Waals surface area contributed by atoms with Crippen LogP contribution in [0.2, 0.25) is 0 Å². The normalized spacial score (nSPS) is 18.5. The van der Waals surface area contributed by atoms with Crippen LogP contribution in [0.1, 0.15) is 35.4 Å². The number of hydrogen-bond acceptors (Lipinski definition) is 5. The van der Waals surface area contributed by atoms with Gasteiger partial charge in [-0.2, -0.15) is 0 Å². The molecular formula is C23H24O5. The fourth-order valence-corrected chi connectivity index (χ4v) is 4.30. The first-order valence-electron chi connectivity index (χ1n) is 9.42. The largest absolute Gasteiger partial charge is 0.493 e. The fourth-order valence-electron chi connectivity index (χ4n) is 4.30. The molecule has 0 saturated carbocycles. The van der Waals surface area contributed by atoms with Crippen molar-refractivity contribution in [2.24, 2.45) is 0 Å². The van der Waals surface area contributed by atoms with Crippen LogP contribution in [0, 0.1) is 0 Å². The maximum atomic E-state index is 12.4. The molecule has 0 spiro atoms. The van der Waals surface area contributed by atoms with E-state index in [0.29, 0.717) is 30.3 Å². The number of fused-ring (bicyclic) bond motifs is 1. The molecule has 146 valence electrons. The highest BCUT2D eigenvalue weighted by atomic mass is 16.5. The van der Waals surface area contributed by atoms with Gasteiger partial charge in [0.2, 0.25) is 5.75 Å². The zero-order valence-corrected chi connectivity index (χ0v) is 16.4. The molecule has 2 aromatic carbocycles. The standard InChI is InChI=1S/C23H24O5/c1-25-20-11-10-17(21(26-2)22(20)27-3)19-12-18-15(13-28-23(18)24)9-8-14-6-4-5-7-16(14)19/h4-7,10-11,19H,8-9,12-13H2,1-3H3/t19-/m1/s1. The molecule has 4 rings (SSSR count). The zero-order valence-electron chi connectivity index (χ0n) is 16.4. The molecule has 0 N–H and O–H groups in total. The van der Waals surface area contributed by atoms with E-state index in [1.54, 1.807) is 21.3 Å². The third-order valence-corrected chi connectivity index (χ3v) is 5.70. The Balaban J connectivity index is 1.91. The van der Waals surface area contributed by atoms with Gasteiger partial charge in [-0.05, 0) is 42.0 Å². The van der Waals surface area contributed by atoms with E-state index in [1.807, 2.05) is 18.2 Å². The first-order valence-corrected chi connectivity index (χ1v) is 9.42. The minimum absolute atomic E-state index is 0.0399. The minimum Gasteiger partial charge on any atom is -0.493 e. The molecule has 2 aromatic rings. The summed E-state index contributed by atoms with van der Waals surface area (Å²) in [5.41, 5.74) is 5.39. The lowest BCUT2D eigenvalue weighted by Crippen LogP contribution is -2.13. The van der Waals surface area contributed by atoms with E-state index in [0.717, 1.165) is 29.6 Å². The highest BCUT2D eigenvalue weighted by Crippen LogP contribution is 2.47. The average Bonchev–Trinajstić information content (AvgIpc) is 3.06. The molecule has 1 heterocycles. The summed E-state index contributed by atoms with van der Waals surface area (Å²) < 4.78 is 22.1. The van der Waals surface area contributed by atoms with Gasteiger partial charge in [-0.25, -0.2) is 4.79 Å². The molecule has 0 bridgehead atoms. The number of carbonyl (C=O) groups is 1. The Morgan fingerprint density at radius 1 is 0.893 bits per heavy atom. The number of methoxy groups -OCH3 is 3. The van der Waals surface area contributed by atoms with Crippen LogP contribution >= 0.6 is 0 Å². The van der Waals surface area contributed by atoms with Crippen molar-refractivity contribution >= 4 is 5.97 Å².